The van der Waals surface area contributed by atoms with Crippen LogP contribution >= 0.6 is 0 Å². The third-order valence-electron chi connectivity index (χ3n) is 3.68. The van der Waals surface area contributed by atoms with E-state index >= 15 is 0 Å². The zero-order chi connectivity index (χ0) is 16.2. The van der Waals surface area contributed by atoms with Gasteiger partial charge in [0.2, 0.25) is 0 Å². The average Bonchev–Trinajstić information content (AvgIpc) is 3.04. The van der Waals surface area contributed by atoms with E-state index in [0.717, 1.165) is 17.0 Å². The van der Waals surface area contributed by atoms with Crippen molar-refractivity contribution in [1.82, 2.24) is 19.7 Å². The van der Waals surface area contributed by atoms with E-state index in [4.69, 9.17) is 5.11 Å². The Hall–Kier alpha value is -3.02. The number of rotatable bonds is 5. The molecule has 116 valence electrons. The van der Waals surface area contributed by atoms with E-state index in [-0.39, 0.29) is 0 Å². The van der Waals surface area contributed by atoms with Crippen LogP contribution in [0, 0.1) is 6.92 Å². The molecule has 3 rings (SSSR count). The molecule has 3 aromatic heterocycles. The topological polar surface area (TPSA) is 80.9 Å². The summed E-state index contributed by atoms with van der Waals surface area (Å²) in [5.74, 6) is -0.932. The Labute approximate surface area is 133 Å². The van der Waals surface area contributed by atoms with Crippen molar-refractivity contribution in [3.05, 3.63) is 77.1 Å². The molecule has 23 heavy (non-hydrogen) atoms. The van der Waals surface area contributed by atoms with Gasteiger partial charge in [-0.25, -0.2) is 4.79 Å². The predicted molar refractivity (Wildman–Crippen MR) is 84.3 cm³/mol. The minimum atomic E-state index is -0.932. The summed E-state index contributed by atoms with van der Waals surface area (Å²) in [6.07, 6.45) is 7.51. The quantitative estimate of drug-likeness (QED) is 0.782. The highest BCUT2D eigenvalue weighted by molar-refractivity contribution is 5.89. The van der Waals surface area contributed by atoms with Crippen LogP contribution in [0.4, 0.5) is 0 Å². The summed E-state index contributed by atoms with van der Waals surface area (Å²) in [6.45, 7) is 2.41. The molecule has 0 amide bonds. The molecule has 0 radical (unpaired) electrons. The van der Waals surface area contributed by atoms with Crippen molar-refractivity contribution in [2.45, 2.75) is 19.9 Å². The van der Waals surface area contributed by atoms with Crippen molar-refractivity contribution < 1.29 is 9.90 Å². The molecular formula is C17H16N4O2. The van der Waals surface area contributed by atoms with Crippen LogP contribution in [0.25, 0.3) is 0 Å². The van der Waals surface area contributed by atoms with E-state index in [1.807, 2.05) is 29.1 Å². The van der Waals surface area contributed by atoms with E-state index in [1.165, 1.54) is 12.3 Å². The molecule has 0 spiro atoms. The number of carboxylic acids is 1. The largest absolute Gasteiger partial charge is 0.478 e. The van der Waals surface area contributed by atoms with Gasteiger partial charge in [0, 0.05) is 36.9 Å². The first-order valence-corrected chi connectivity index (χ1v) is 7.22. The maximum Gasteiger partial charge on any atom is 0.336 e. The van der Waals surface area contributed by atoms with Gasteiger partial charge in [0.1, 0.15) is 0 Å². The Bertz CT molecular complexity index is 811. The smallest absolute Gasteiger partial charge is 0.336 e. The van der Waals surface area contributed by atoms with Crippen molar-refractivity contribution >= 4 is 5.97 Å². The van der Waals surface area contributed by atoms with Crippen molar-refractivity contribution in [2.24, 2.45) is 0 Å². The lowest BCUT2D eigenvalue weighted by molar-refractivity contribution is 0.0696. The second-order valence-electron chi connectivity index (χ2n) is 5.27. The van der Waals surface area contributed by atoms with E-state index in [2.05, 4.69) is 15.1 Å². The fraction of sp³-hybridized carbons (Fsp3) is 0.176. The Balaban J connectivity index is 1.76. The van der Waals surface area contributed by atoms with Crippen LogP contribution in [0.1, 0.15) is 32.9 Å². The number of pyridine rings is 2. The number of hydrogen-bond donors (Lipinski definition) is 1. The highest BCUT2D eigenvalue weighted by Gasteiger charge is 2.11. The first-order valence-electron chi connectivity index (χ1n) is 7.22. The van der Waals surface area contributed by atoms with E-state index in [1.54, 1.807) is 19.3 Å². The Morgan fingerprint density at radius 3 is 2.74 bits per heavy atom. The van der Waals surface area contributed by atoms with Gasteiger partial charge in [-0.2, -0.15) is 5.10 Å². The number of carbonyl (C=O) groups is 1. The molecule has 6 heteroatoms. The van der Waals surface area contributed by atoms with E-state index < -0.39 is 5.97 Å². The van der Waals surface area contributed by atoms with Gasteiger partial charge in [-0.1, -0.05) is 6.07 Å². The van der Waals surface area contributed by atoms with Crippen LogP contribution in [0.15, 0.2) is 49.1 Å². The zero-order valence-electron chi connectivity index (χ0n) is 12.7. The SMILES string of the molecule is Cc1c(C(=O)O)ccnc1Cc1ccc(Cn2cccn2)nc1. The second-order valence-corrected chi connectivity index (χ2v) is 5.27. The van der Waals surface area contributed by atoms with Gasteiger partial charge in [0.25, 0.3) is 0 Å². The number of nitrogens with zero attached hydrogens (tertiary/aromatic N) is 4. The molecule has 0 aliphatic rings. The predicted octanol–water partition coefficient (Wildman–Crippen LogP) is 2.32. The van der Waals surface area contributed by atoms with Crippen LogP contribution < -0.4 is 0 Å². The van der Waals surface area contributed by atoms with Crippen LogP contribution in [0.5, 0.6) is 0 Å². The third kappa shape index (κ3) is 3.42. The number of aromatic nitrogens is 4. The lowest BCUT2D eigenvalue weighted by Gasteiger charge is -2.08. The summed E-state index contributed by atoms with van der Waals surface area (Å²) in [6, 6.07) is 7.33. The second kappa shape index (κ2) is 6.39. The van der Waals surface area contributed by atoms with E-state index in [9.17, 15) is 4.79 Å². The third-order valence-corrected chi connectivity index (χ3v) is 3.68. The molecule has 0 saturated carbocycles. The Morgan fingerprint density at radius 1 is 1.22 bits per heavy atom. The maximum absolute atomic E-state index is 11.2. The van der Waals surface area contributed by atoms with Gasteiger partial charge in [0.15, 0.2) is 0 Å². The van der Waals surface area contributed by atoms with Gasteiger partial charge in [-0.05, 0) is 36.2 Å². The Morgan fingerprint density at radius 2 is 2.09 bits per heavy atom. The van der Waals surface area contributed by atoms with Crippen molar-refractivity contribution in [3.8, 4) is 0 Å². The van der Waals surface area contributed by atoms with Crippen molar-refractivity contribution in [1.29, 1.82) is 0 Å². The van der Waals surface area contributed by atoms with Gasteiger partial charge in [-0.15, -0.1) is 0 Å². The molecular weight excluding hydrogens is 292 g/mol. The molecule has 3 heterocycles. The van der Waals surface area contributed by atoms with Crippen LogP contribution in [0.3, 0.4) is 0 Å². The molecule has 0 saturated heterocycles. The number of aromatic carboxylic acids is 1. The van der Waals surface area contributed by atoms with Crippen LogP contribution in [0.2, 0.25) is 0 Å². The van der Waals surface area contributed by atoms with E-state index in [0.29, 0.717) is 24.1 Å². The first kappa shape index (κ1) is 14.9. The number of carboxylic acid groups (broad SMARTS) is 1. The van der Waals surface area contributed by atoms with Gasteiger partial charge >= 0.3 is 5.97 Å². The molecule has 1 N–H and O–H groups in total. The minimum Gasteiger partial charge on any atom is -0.478 e. The first-order chi connectivity index (χ1) is 11.1. The average molecular weight is 308 g/mol. The van der Waals surface area contributed by atoms with Crippen LogP contribution in [-0.2, 0) is 13.0 Å². The fourth-order valence-electron chi connectivity index (χ4n) is 2.40. The summed E-state index contributed by atoms with van der Waals surface area (Å²) in [5.41, 5.74) is 3.65. The summed E-state index contributed by atoms with van der Waals surface area (Å²) >= 11 is 0. The van der Waals surface area contributed by atoms with Crippen LogP contribution in [-0.4, -0.2) is 30.8 Å². The van der Waals surface area contributed by atoms with Gasteiger partial charge in [0.05, 0.1) is 17.8 Å². The fourth-order valence-corrected chi connectivity index (χ4v) is 2.40. The molecule has 0 bridgehead atoms. The molecule has 6 nitrogen and oxygen atoms in total. The molecule has 0 aliphatic heterocycles. The molecule has 0 atom stereocenters. The normalized spacial score (nSPS) is 10.7. The molecule has 0 aromatic carbocycles. The maximum atomic E-state index is 11.2. The Kier molecular flexibility index (Phi) is 4.14. The van der Waals surface area contributed by atoms with Crippen molar-refractivity contribution in [2.75, 3.05) is 0 Å². The lowest BCUT2D eigenvalue weighted by atomic mass is 10.0. The molecule has 0 unspecified atom stereocenters. The summed E-state index contributed by atoms with van der Waals surface area (Å²) in [7, 11) is 0. The van der Waals surface area contributed by atoms with Gasteiger partial charge in [-0.3, -0.25) is 14.6 Å². The highest BCUT2D eigenvalue weighted by Crippen LogP contribution is 2.15. The summed E-state index contributed by atoms with van der Waals surface area (Å²) in [4.78, 5) is 19.9. The number of hydrogen-bond acceptors (Lipinski definition) is 4. The zero-order valence-corrected chi connectivity index (χ0v) is 12.7. The highest BCUT2D eigenvalue weighted by atomic mass is 16.4. The van der Waals surface area contributed by atoms with Crippen molar-refractivity contribution in [3.63, 3.8) is 0 Å². The lowest BCUT2D eigenvalue weighted by Crippen LogP contribution is -2.06. The van der Waals surface area contributed by atoms with Gasteiger partial charge < -0.3 is 5.11 Å². The minimum absolute atomic E-state index is 0.290. The standard InChI is InChI=1S/C17H16N4O2/c1-12-15(17(22)23)5-7-18-16(12)9-13-3-4-14(19-10-13)11-21-8-2-6-20-21/h2-8,10H,9,11H2,1H3,(H,22,23). The molecule has 3 aromatic rings. The molecule has 0 fully saturated rings. The summed E-state index contributed by atoms with van der Waals surface area (Å²) in [5, 5.41) is 13.3. The monoisotopic (exact) mass is 308 g/mol. The molecule has 0 aliphatic carbocycles. The summed E-state index contributed by atoms with van der Waals surface area (Å²) < 4.78 is 1.81.